The van der Waals surface area contributed by atoms with Crippen LogP contribution < -0.4 is 5.32 Å². The summed E-state index contributed by atoms with van der Waals surface area (Å²) in [5.41, 5.74) is 0. The molecule has 2 rings (SSSR count). The van der Waals surface area contributed by atoms with E-state index in [2.05, 4.69) is 12.2 Å². The lowest BCUT2D eigenvalue weighted by atomic mass is 9.84. The normalized spacial score (nSPS) is 40.1. The van der Waals surface area contributed by atoms with Gasteiger partial charge in [0, 0.05) is 19.2 Å². The van der Waals surface area contributed by atoms with Crippen LogP contribution in [0.2, 0.25) is 0 Å². The van der Waals surface area contributed by atoms with Crippen LogP contribution in [0.15, 0.2) is 0 Å². The average molecular weight is 225 g/mol. The van der Waals surface area contributed by atoms with E-state index < -0.39 is 0 Å². The molecule has 0 saturated heterocycles. The van der Waals surface area contributed by atoms with E-state index in [0.717, 1.165) is 12.0 Å². The molecule has 0 aromatic heterocycles. The van der Waals surface area contributed by atoms with Gasteiger partial charge in [-0.25, -0.2) is 0 Å². The van der Waals surface area contributed by atoms with E-state index in [-0.39, 0.29) is 0 Å². The maximum Gasteiger partial charge on any atom is 0.0724 e. The number of hydrogen-bond acceptors (Lipinski definition) is 2. The Morgan fingerprint density at radius 1 is 1.06 bits per heavy atom. The zero-order valence-electron chi connectivity index (χ0n) is 10.9. The smallest absolute Gasteiger partial charge is 0.0724 e. The minimum absolute atomic E-state index is 0.476. The molecule has 1 N–H and O–H groups in total. The number of nitrogens with one attached hydrogen (secondary N) is 1. The fourth-order valence-corrected chi connectivity index (χ4v) is 3.44. The van der Waals surface area contributed by atoms with Gasteiger partial charge in [0.05, 0.1) is 6.10 Å². The Balaban J connectivity index is 1.73. The van der Waals surface area contributed by atoms with Gasteiger partial charge in [0.25, 0.3) is 0 Å². The Morgan fingerprint density at radius 2 is 1.81 bits per heavy atom. The van der Waals surface area contributed by atoms with Gasteiger partial charge in [-0.3, -0.25) is 0 Å². The van der Waals surface area contributed by atoms with Crippen molar-refractivity contribution in [2.24, 2.45) is 5.92 Å². The summed E-state index contributed by atoms with van der Waals surface area (Å²) < 4.78 is 5.55. The van der Waals surface area contributed by atoms with E-state index in [1.165, 1.54) is 51.4 Å². The number of ether oxygens (including phenoxy) is 1. The number of hydrogen-bond donors (Lipinski definition) is 1. The Labute approximate surface area is 100 Å². The van der Waals surface area contributed by atoms with Gasteiger partial charge in [-0.2, -0.15) is 0 Å². The molecule has 0 amide bonds. The minimum atomic E-state index is 0.476. The standard InChI is InChI=1S/C14H27NO/c1-3-11-7-9-12(10-8-11)15-13-5-4-6-14(13)16-2/h11-15H,3-10H2,1-2H3. The van der Waals surface area contributed by atoms with Crippen LogP contribution in [-0.4, -0.2) is 25.3 Å². The summed E-state index contributed by atoms with van der Waals surface area (Å²) >= 11 is 0. The van der Waals surface area contributed by atoms with E-state index in [4.69, 9.17) is 4.74 Å². The molecular weight excluding hydrogens is 198 g/mol. The predicted molar refractivity (Wildman–Crippen MR) is 67.6 cm³/mol. The highest BCUT2D eigenvalue weighted by molar-refractivity contribution is 4.88. The molecule has 0 aromatic rings. The first-order valence-corrected chi connectivity index (χ1v) is 7.12. The Morgan fingerprint density at radius 3 is 2.44 bits per heavy atom. The van der Waals surface area contributed by atoms with Crippen LogP contribution in [0.3, 0.4) is 0 Å². The molecular formula is C14H27NO. The molecule has 0 radical (unpaired) electrons. The zero-order chi connectivity index (χ0) is 11.4. The summed E-state index contributed by atoms with van der Waals surface area (Å²) in [5.74, 6) is 1.000. The molecule has 0 aromatic carbocycles. The molecule has 2 saturated carbocycles. The van der Waals surface area contributed by atoms with Crippen molar-refractivity contribution in [3.8, 4) is 0 Å². The maximum absolute atomic E-state index is 5.55. The van der Waals surface area contributed by atoms with Gasteiger partial charge < -0.3 is 10.1 Å². The first kappa shape index (κ1) is 12.4. The summed E-state index contributed by atoms with van der Waals surface area (Å²) in [6.07, 6.45) is 11.4. The molecule has 0 heterocycles. The van der Waals surface area contributed by atoms with E-state index in [1.807, 2.05) is 7.11 Å². The topological polar surface area (TPSA) is 21.3 Å². The fourth-order valence-electron chi connectivity index (χ4n) is 3.44. The lowest BCUT2D eigenvalue weighted by Gasteiger charge is -2.32. The van der Waals surface area contributed by atoms with E-state index in [9.17, 15) is 0 Å². The molecule has 0 aliphatic heterocycles. The van der Waals surface area contributed by atoms with E-state index in [0.29, 0.717) is 12.1 Å². The Bertz CT molecular complexity index is 199. The van der Waals surface area contributed by atoms with Crippen molar-refractivity contribution >= 4 is 0 Å². The number of rotatable bonds is 4. The second kappa shape index (κ2) is 6.02. The zero-order valence-corrected chi connectivity index (χ0v) is 10.9. The molecule has 16 heavy (non-hydrogen) atoms. The molecule has 2 unspecified atom stereocenters. The highest BCUT2D eigenvalue weighted by Crippen LogP contribution is 2.29. The molecule has 2 fully saturated rings. The van der Waals surface area contributed by atoms with Gasteiger partial charge >= 0.3 is 0 Å². The van der Waals surface area contributed by atoms with Crippen molar-refractivity contribution in [3.63, 3.8) is 0 Å². The van der Waals surface area contributed by atoms with E-state index in [1.54, 1.807) is 0 Å². The number of methoxy groups -OCH3 is 1. The third-order valence-electron chi connectivity index (χ3n) is 4.63. The van der Waals surface area contributed by atoms with Gasteiger partial charge in [0.1, 0.15) is 0 Å². The SMILES string of the molecule is CCC1CCC(NC2CCCC2OC)CC1. The summed E-state index contributed by atoms with van der Waals surface area (Å²) in [7, 11) is 1.86. The summed E-state index contributed by atoms with van der Waals surface area (Å²) in [6, 6.07) is 1.40. The van der Waals surface area contributed by atoms with Gasteiger partial charge in [0.15, 0.2) is 0 Å². The second-order valence-corrected chi connectivity index (χ2v) is 5.60. The maximum atomic E-state index is 5.55. The first-order chi connectivity index (χ1) is 7.83. The first-order valence-electron chi connectivity index (χ1n) is 7.12. The van der Waals surface area contributed by atoms with Crippen LogP contribution in [0.1, 0.15) is 58.3 Å². The fraction of sp³-hybridized carbons (Fsp3) is 1.00. The van der Waals surface area contributed by atoms with Crippen molar-refractivity contribution in [1.29, 1.82) is 0 Å². The van der Waals surface area contributed by atoms with Crippen molar-refractivity contribution in [3.05, 3.63) is 0 Å². The second-order valence-electron chi connectivity index (χ2n) is 5.60. The van der Waals surface area contributed by atoms with Crippen LogP contribution in [0.4, 0.5) is 0 Å². The van der Waals surface area contributed by atoms with Crippen LogP contribution in [0.5, 0.6) is 0 Å². The quantitative estimate of drug-likeness (QED) is 0.794. The third kappa shape index (κ3) is 2.98. The molecule has 0 spiro atoms. The van der Waals surface area contributed by atoms with Gasteiger partial charge in [-0.05, 0) is 50.9 Å². The average Bonchev–Trinajstić information content (AvgIpc) is 2.77. The summed E-state index contributed by atoms with van der Waals surface area (Å²) in [4.78, 5) is 0. The molecule has 2 atom stereocenters. The predicted octanol–water partition coefficient (Wildman–Crippen LogP) is 3.11. The van der Waals surface area contributed by atoms with E-state index >= 15 is 0 Å². The largest absolute Gasteiger partial charge is 0.380 e. The molecule has 0 bridgehead atoms. The van der Waals surface area contributed by atoms with Gasteiger partial charge in [0.2, 0.25) is 0 Å². The van der Waals surface area contributed by atoms with Crippen molar-refractivity contribution in [2.45, 2.75) is 76.5 Å². The summed E-state index contributed by atoms with van der Waals surface area (Å²) in [5, 5.41) is 3.84. The van der Waals surface area contributed by atoms with Crippen LogP contribution in [0.25, 0.3) is 0 Å². The molecule has 2 nitrogen and oxygen atoms in total. The van der Waals surface area contributed by atoms with Crippen molar-refractivity contribution in [2.75, 3.05) is 7.11 Å². The molecule has 2 heteroatoms. The summed E-state index contributed by atoms with van der Waals surface area (Å²) in [6.45, 7) is 2.33. The monoisotopic (exact) mass is 225 g/mol. The lowest BCUT2D eigenvalue weighted by Crippen LogP contribution is -2.44. The Kier molecular flexibility index (Phi) is 4.66. The third-order valence-corrected chi connectivity index (χ3v) is 4.63. The van der Waals surface area contributed by atoms with Crippen LogP contribution >= 0.6 is 0 Å². The van der Waals surface area contributed by atoms with Crippen molar-refractivity contribution in [1.82, 2.24) is 5.32 Å². The minimum Gasteiger partial charge on any atom is -0.380 e. The highest BCUT2D eigenvalue weighted by Gasteiger charge is 2.30. The highest BCUT2D eigenvalue weighted by atomic mass is 16.5. The van der Waals surface area contributed by atoms with Gasteiger partial charge in [-0.1, -0.05) is 13.3 Å². The van der Waals surface area contributed by atoms with Gasteiger partial charge in [-0.15, -0.1) is 0 Å². The van der Waals surface area contributed by atoms with Crippen LogP contribution in [0, 0.1) is 5.92 Å². The molecule has 2 aliphatic rings. The van der Waals surface area contributed by atoms with Crippen molar-refractivity contribution < 1.29 is 4.74 Å². The Hall–Kier alpha value is -0.0800. The molecule has 2 aliphatic carbocycles. The van der Waals surface area contributed by atoms with Crippen LogP contribution in [-0.2, 0) is 4.74 Å². The lowest BCUT2D eigenvalue weighted by molar-refractivity contribution is 0.0778. The molecule has 94 valence electrons.